The maximum absolute atomic E-state index is 6.32. The van der Waals surface area contributed by atoms with Crippen LogP contribution in [0, 0.1) is 0 Å². The van der Waals surface area contributed by atoms with Crippen molar-refractivity contribution in [2.24, 2.45) is 5.73 Å². The van der Waals surface area contributed by atoms with Gasteiger partial charge in [0.25, 0.3) is 0 Å². The molecule has 2 rings (SSSR count). The van der Waals surface area contributed by atoms with Crippen LogP contribution in [0.1, 0.15) is 23.6 Å². The summed E-state index contributed by atoms with van der Waals surface area (Å²) in [5.74, 6) is 2.72. The Morgan fingerprint density at radius 2 is 1.54 bits per heavy atom. The van der Waals surface area contributed by atoms with Gasteiger partial charge in [0.05, 0.1) is 28.4 Å². The molecular formula is C19H25NO4. The summed E-state index contributed by atoms with van der Waals surface area (Å²) >= 11 is 0. The molecule has 0 radical (unpaired) electrons. The lowest BCUT2D eigenvalue weighted by Crippen LogP contribution is -2.11. The van der Waals surface area contributed by atoms with Crippen LogP contribution in [0.4, 0.5) is 0 Å². The van der Waals surface area contributed by atoms with Crippen molar-refractivity contribution in [3.63, 3.8) is 0 Å². The van der Waals surface area contributed by atoms with Crippen molar-refractivity contribution in [3.05, 3.63) is 47.5 Å². The minimum absolute atomic E-state index is 0.0702. The summed E-state index contributed by atoms with van der Waals surface area (Å²) < 4.78 is 21.4. The summed E-state index contributed by atoms with van der Waals surface area (Å²) in [6, 6.07) is 11.7. The zero-order valence-electron chi connectivity index (χ0n) is 14.7. The second kappa shape index (κ2) is 8.45. The van der Waals surface area contributed by atoms with Crippen LogP contribution in [0.2, 0.25) is 0 Å². The quantitative estimate of drug-likeness (QED) is 0.803. The molecule has 0 aliphatic heterocycles. The number of aryl methyl sites for hydroxylation is 1. The van der Waals surface area contributed by atoms with Gasteiger partial charge in [0.15, 0.2) is 11.5 Å². The smallest absolute Gasteiger partial charge is 0.203 e. The van der Waals surface area contributed by atoms with E-state index in [1.165, 1.54) is 0 Å². The summed E-state index contributed by atoms with van der Waals surface area (Å²) in [4.78, 5) is 0. The van der Waals surface area contributed by atoms with E-state index >= 15 is 0 Å². The highest BCUT2D eigenvalue weighted by Crippen LogP contribution is 2.38. The first-order valence-electron chi connectivity index (χ1n) is 7.81. The number of methoxy groups -OCH3 is 4. The fourth-order valence-corrected chi connectivity index (χ4v) is 2.64. The van der Waals surface area contributed by atoms with Crippen LogP contribution in [0.5, 0.6) is 23.0 Å². The van der Waals surface area contributed by atoms with Crippen molar-refractivity contribution in [1.82, 2.24) is 0 Å². The van der Waals surface area contributed by atoms with Gasteiger partial charge in [-0.2, -0.15) is 0 Å². The van der Waals surface area contributed by atoms with E-state index in [1.54, 1.807) is 28.4 Å². The highest BCUT2D eigenvalue weighted by Gasteiger charge is 2.14. The first-order chi connectivity index (χ1) is 11.6. The topological polar surface area (TPSA) is 62.9 Å². The second-order valence-corrected chi connectivity index (χ2v) is 5.46. The van der Waals surface area contributed by atoms with Gasteiger partial charge in [-0.05, 0) is 48.2 Å². The van der Waals surface area contributed by atoms with E-state index in [0.29, 0.717) is 17.2 Å². The van der Waals surface area contributed by atoms with Gasteiger partial charge in [0.2, 0.25) is 5.75 Å². The Morgan fingerprint density at radius 1 is 0.875 bits per heavy atom. The van der Waals surface area contributed by atoms with Gasteiger partial charge in [-0.3, -0.25) is 0 Å². The third-order valence-corrected chi connectivity index (χ3v) is 3.99. The number of ether oxygens (including phenoxy) is 4. The van der Waals surface area contributed by atoms with Crippen LogP contribution in [-0.4, -0.2) is 28.4 Å². The lowest BCUT2D eigenvalue weighted by Gasteiger charge is -2.16. The zero-order chi connectivity index (χ0) is 17.5. The molecule has 24 heavy (non-hydrogen) atoms. The molecule has 0 spiro atoms. The molecular weight excluding hydrogens is 306 g/mol. The number of hydrogen-bond acceptors (Lipinski definition) is 5. The molecule has 0 unspecified atom stereocenters. The Balaban J connectivity index is 2.13. The molecule has 0 heterocycles. The molecule has 0 fully saturated rings. The molecule has 0 saturated carbocycles. The fourth-order valence-electron chi connectivity index (χ4n) is 2.64. The van der Waals surface area contributed by atoms with Crippen molar-refractivity contribution < 1.29 is 18.9 Å². The summed E-state index contributed by atoms with van der Waals surface area (Å²) in [7, 11) is 6.48. The third-order valence-electron chi connectivity index (χ3n) is 3.99. The highest BCUT2D eigenvalue weighted by atomic mass is 16.5. The van der Waals surface area contributed by atoms with E-state index in [-0.39, 0.29) is 6.04 Å². The van der Waals surface area contributed by atoms with E-state index in [1.807, 2.05) is 36.4 Å². The predicted octanol–water partition coefficient (Wildman–Crippen LogP) is 3.35. The molecule has 0 aliphatic carbocycles. The molecule has 130 valence electrons. The average molecular weight is 331 g/mol. The van der Waals surface area contributed by atoms with Gasteiger partial charge >= 0.3 is 0 Å². The van der Waals surface area contributed by atoms with Gasteiger partial charge in [0.1, 0.15) is 5.75 Å². The monoisotopic (exact) mass is 331 g/mol. The van der Waals surface area contributed by atoms with E-state index in [9.17, 15) is 0 Å². The standard InChI is InChI=1S/C19H25NO4/c1-21-15-7-5-6-14(12-15)16(20)9-8-13-10-17(22-2)19(24-4)18(11-13)23-3/h5-7,10-12,16H,8-9,20H2,1-4H3/t16-/m1/s1. The van der Waals surface area contributed by atoms with Gasteiger partial charge in [-0.25, -0.2) is 0 Å². The first kappa shape index (κ1) is 17.9. The van der Waals surface area contributed by atoms with Gasteiger partial charge in [0, 0.05) is 6.04 Å². The Labute approximate surface area is 143 Å². The number of rotatable bonds is 8. The molecule has 2 aromatic rings. The van der Waals surface area contributed by atoms with Crippen LogP contribution >= 0.6 is 0 Å². The Morgan fingerprint density at radius 3 is 2.08 bits per heavy atom. The Bertz CT molecular complexity index is 647. The maximum atomic E-state index is 6.32. The normalized spacial score (nSPS) is 11.7. The van der Waals surface area contributed by atoms with Crippen LogP contribution in [0.25, 0.3) is 0 Å². The molecule has 0 aliphatic rings. The number of nitrogens with two attached hydrogens (primary N) is 1. The minimum atomic E-state index is -0.0702. The second-order valence-electron chi connectivity index (χ2n) is 5.46. The summed E-state index contributed by atoms with van der Waals surface area (Å²) in [6.45, 7) is 0. The van der Waals surface area contributed by atoms with Crippen molar-refractivity contribution in [2.75, 3.05) is 28.4 Å². The van der Waals surface area contributed by atoms with Crippen LogP contribution in [0.15, 0.2) is 36.4 Å². The SMILES string of the molecule is COc1cccc([C@H](N)CCc2cc(OC)c(OC)c(OC)c2)c1. The summed E-state index contributed by atoms with van der Waals surface area (Å²) in [5, 5.41) is 0. The summed E-state index contributed by atoms with van der Waals surface area (Å²) in [6.07, 6.45) is 1.60. The van der Waals surface area contributed by atoms with E-state index in [0.717, 1.165) is 29.7 Å². The third kappa shape index (κ3) is 4.11. The van der Waals surface area contributed by atoms with Crippen molar-refractivity contribution in [2.45, 2.75) is 18.9 Å². The van der Waals surface area contributed by atoms with E-state index < -0.39 is 0 Å². The number of hydrogen-bond donors (Lipinski definition) is 1. The molecule has 0 bridgehead atoms. The Kier molecular flexibility index (Phi) is 6.32. The van der Waals surface area contributed by atoms with Crippen LogP contribution < -0.4 is 24.7 Å². The molecule has 5 nitrogen and oxygen atoms in total. The molecule has 5 heteroatoms. The minimum Gasteiger partial charge on any atom is -0.497 e. The van der Waals surface area contributed by atoms with Crippen molar-refractivity contribution >= 4 is 0 Å². The largest absolute Gasteiger partial charge is 0.497 e. The van der Waals surface area contributed by atoms with Gasteiger partial charge in [-0.1, -0.05) is 12.1 Å². The maximum Gasteiger partial charge on any atom is 0.203 e. The van der Waals surface area contributed by atoms with Crippen LogP contribution in [0.3, 0.4) is 0 Å². The van der Waals surface area contributed by atoms with Gasteiger partial charge in [-0.15, -0.1) is 0 Å². The molecule has 1 atom stereocenters. The lowest BCUT2D eigenvalue weighted by molar-refractivity contribution is 0.323. The molecule has 2 N–H and O–H groups in total. The molecule has 0 aromatic heterocycles. The Hall–Kier alpha value is -2.40. The fraction of sp³-hybridized carbons (Fsp3) is 0.368. The van der Waals surface area contributed by atoms with E-state index in [4.69, 9.17) is 24.7 Å². The number of benzene rings is 2. The zero-order valence-corrected chi connectivity index (χ0v) is 14.7. The van der Waals surface area contributed by atoms with Gasteiger partial charge < -0.3 is 24.7 Å². The van der Waals surface area contributed by atoms with Crippen molar-refractivity contribution in [3.8, 4) is 23.0 Å². The lowest BCUT2D eigenvalue weighted by atomic mass is 9.99. The first-order valence-corrected chi connectivity index (χ1v) is 7.81. The molecule has 0 saturated heterocycles. The predicted molar refractivity (Wildman–Crippen MR) is 94.3 cm³/mol. The average Bonchev–Trinajstić information content (AvgIpc) is 2.64. The van der Waals surface area contributed by atoms with Crippen LogP contribution in [-0.2, 0) is 6.42 Å². The highest BCUT2D eigenvalue weighted by molar-refractivity contribution is 5.53. The van der Waals surface area contributed by atoms with E-state index in [2.05, 4.69) is 0 Å². The molecule has 2 aromatic carbocycles. The molecule has 0 amide bonds. The van der Waals surface area contributed by atoms with Crippen molar-refractivity contribution in [1.29, 1.82) is 0 Å². The summed E-state index contributed by atoms with van der Waals surface area (Å²) in [5.41, 5.74) is 8.46.